The second-order valence-electron chi connectivity index (χ2n) is 9.01. The van der Waals surface area contributed by atoms with E-state index in [9.17, 15) is 4.79 Å². The van der Waals surface area contributed by atoms with E-state index in [0.29, 0.717) is 13.0 Å². The Morgan fingerprint density at radius 3 is 2.38 bits per heavy atom. The number of carbonyl (C=O) groups excluding carboxylic acids is 1. The van der Waals surface area contributed by atoms with Crippen LogP contribution in [0.4, 0.5) is 0 Å². The molecule has 8 nitrogen and oxygen atoms in total. The highest BCUT2D eigenvalue weighted by Gasteiger charge is 2.30. The first-order chi connectivity index (χ1) is 16.4. The summed E-state index contributed by atoms with van der Waals surface area (Å²) in [6.45, 7) is 8.54. The Balaban J connectivity index is 1.72. The number of pyridine rings is 1. The molecular formula is C26H30N6O2. The van der Waals surface area contributed by atoms with Gasteiger partial charge in [-0.3, -0.25) is 14.6 Å². The number of hydrogen-bond donors (Lipinski definition) is 0. The monoisotopic (exact) mass is 458 g/mol. The van der Waals surface area contributed by atoms with Gasteiger partial charge in [-0.2, -0.15) is 0 Å². The molecule has 4 aromatic rings. The van der Waals surface area contributed by atoms with E-state index in [0.717, 1.165) is 34.7 Å². The summed E-state index contributed by atoms with van der Waals surface area (Å²) in [7, 11) is 0. The topological polar surface area (TPSA) is 78.1 Å². The average Bonchev–Trinajstić information content (AvgIpc) is 3.51. The standard InChI is InChI=1S/C26H30N6O2/c1-5-31-24(21-6-8-22(9-7-21)30-15-14-28-18-30)17-29-25(31)23(16-20-10-12-27-13-11-20)32(19-33)34-26(2,3)4/h6-15,17-19,23H,5,16H2,1-4H3. The van der Waals surface area contributed by atoms with E-state index in [1.807, 2.05) is 49.9 Å². The van der Waals surface area contributed by atoms with Crippen molar-refractivity contribution in [1.29, 1.82) is 0 Å². The molecule has 0 spiro atoms. The molecule has 1 unspecified atom stereocenters. The zero-order valence-corrected chi connectivity index (χ0v) is 20.0. The molecule has 0 N–H and O–H groups in total. The number of hydroxylamine groups is 2. The number of benzene rings is 1. The fourth-order valence-electron chi connectivity index (χ4n) is 3.95. The number of hydrogen-bond acceptors (Lipinski definition) is 5. The minimum Gasteiger partial charge on any atom is -0.326 e. The molecule has 176 valence electrons. The Morgan fingerprint density at radius 2 is 1.79 bits per heavy atom. The molecule has 0 saturated heterocycles. The fourth-order valence-corrected chi connectivity index (χ4v) is 3.95. The lowest BCUT2D eigenvalue weighted by Gasteiger charge is -2.33. The second kappa shape index (κ2) is 10.0. The van der Waals surface area contributed by atoms with Crippen molar-refractivity contribution < 1.29 is 9.63 Å². The first-order valence-electron chi connectivity index (χ1n) is 11.4. The van der Waals surface area contributed by atoms with Gasteiger partial charge in [-0.15, -0.1) is 0 Å². The summed E-state index contributed by atoms with van der Waals surface area (Å²) in [5.74, 6) is 0.768. The van der Waals surface area contributed by atoms with Gasteiger partial charge < -0.3 is 9.13 Å². The minimum absolute atomic E-state index is 0.405. The largest absolute Gasteiger partial charge is 0.326 e. The molecule has 1 atom stereocenters. The molecule has 4 rings (SSSR count). The Bertz CT molecular complexity index is 1190. The number of imidazole rings is 2. The summed E-state index contributed by atoms with van der Waals surface area (Å²) in [5.41, 5.74) is 3.57. The van der Waals surface area contributed by atoms with Crippen molar-refractivity contribution in [1.82, 2.24) is 29.1 Å². The molecule has 0 radical (unpaired) electrons. The molecule has 0 fully saturated rings. The molecule has 0 aliphatic heterocycles. The lowest BCUT2D eigenvalue weighted by molar-refractivity contribution is -0.234. The maximum absolute atomic E-state index is 12.2. The van der Waals surface area contributed by atoms with Crippen molar-refractivity contribution in [3.05, 3.63) is 85.1 Å². The van der Waals surface area contributed by atoms with Crippen molar-refractivity contribution in [3.63, 3.8) is 0 Å². The van der Waals surface area contributed by atoms with Crippen LogP contribution in [0, 0.1) is 0 Å². The zero-order valence-electron chi connectivity index (χ0n) is 20.0. The summed E-state index contributed by atoms with van der Waals surface area (Å²) >= 11 is 0. The van der Waals surface area contributed by atoms with E-state index < -0.39 is 11.6 Å². The van der Waals surface area contributed by atoms with Gasteiger partial charge in [0.05, 0.1) is 23.8 Å². The van der Waals surface area contributed by atoms with Crippen molar-refractivity contribution in [2.45, 2.75) is 52.3 Å². The molecule has 3 heterocycles. The van der Waals surface area contributed by atoms with Crippen LogP contribution in [-0.2, 0) is 22.6 Å². The number of nitrogens with zero attached hydrogens (tertiary/aromatic N) is 6. The highest BCUT2D eigenvalue weighted by atomic mass is 16.7. The molecule has 3 aromatic heterocycles. The van der Waals surface area contributed by atoms with Crippen LogP contribution >= 0.6 is 0 Å². The molecule has 34 heavy (non-hydrogen) atoms. The highest BCUT2D eigenvalue weighted by Crippen LogP contribution is 2.30. The summed E-state index contributed by atoms with van der Waals surface area (Å²) < 4.78 is 4.10. The molecule has 8 heteroatoms. The van der Waals surface area contributed by atoms with E-state index in [-0.39, 0.29) is 0 Å². The summed E-state index contributed by atoms with van der Waals surface area (Å²) in [5, 5.41) is 1.39. The zero-order chi connectivity index (χ0) is 24.1. The molecular weight excluding hydrogens is 428 g/mol. The maximum Gasteiger partial charge on any atom is 0.234 e. The fraction of sp³-hybridized carbons (Fsp3) is 0.308. The summed E-state index contributed by atoms with van der Waals surface area (Å²) in [6, 6.07) is 11.7. The third-order valence-corrected chi connectivity index (χ3v) is 5.44. The third-order valence-electron chi connectivity index (χ3n) is 5.44. The molecule has 0 aliphatic rings. The van der Waals surface area contributed by atoms with Crippen LogP contribution in [0.1, 0.15) is 45.1 Å². The first kappa shape index (κ1) is 23.4. The molecule has 0 bridgehead atoms. The van der Waals surface area contributed by atoms with Gasteiger partial charge in [0.2, 0.25) is 6.41 Å². The van der Waals surface area contributed by atoms with Crippen molar-refractivity contribution in [2.75, 3.05) is 0 Å². The van der Waals surface area contributed by atoms with Crippen LogP contribution in [0.2, 0.25) is 0 Å². The van der Waals surface area contributed by atoms with Crippen molar-refractivity contribution in [2.24, 2.45) is 0 Å². The first-order valence-corrected chi connectivity index (χ1v) is 11.4. The Kier molecular flexibility index (Phi) is 6.88. The van der Waals surface area contributed by atoms with Gasteiger partial charge in [-0.25, -0.2) is 15.0 Å². The van der Waals surface area contributed by atoms with Crippen LogP contribution in [0.15, 0.2) is 73.7 Å². The van der Waals surface area contributed by atoms with Crippen LogP contribution in [-0.4, -0.2) is 41.2 Å². The predicted octanol–water partition coefficient (Wildman–Crippen LogP) is 4.62. The van der Waals surface area contributed by atoms with E-state index in [1.165, 1.54) is 5.06 Å². The van der Waals surface area contributed by atoms with Gasteiger partial charge in [0.15, 0.2) is 0 Å². The van der Waals surface area contributed by atoms with Gasteiger partial charge in [0, 0.05) is 43.4 Å². The molecule has 0 saturated carbocycles. The maximum atomic E-state index is 12.2. The summed E-state index contributed by atoms with van der Waals surface area (Å²) in [6.07, 6.45) is 12.1. The van der Waals surface area contributed by atoms with E-state index >= 15 is 0 Å². The Morgan fingerprint density at radius 1 is 1.06 bits per heavy atom. The Hall–Kier alpha value is -3.78. The summed E-state index contributed by atoms with van der Waals surface area (Å²) in [4.78, 5) is 31.2. The van der Waals surface area contributed by atoms with Gasteiger partial charge in [-0.05, 0) is 63.1 Å². The smallest absolute Gasteiger partial charge is 0.234 e. The average molecular weight is 459 g/mol. The van der Waals surface area contributed by atoms with Gasteiger partial charge in [0.1, 0.15) is 11.9 Å². The van der Waals surface area contributed by atoms with Crippen LogP contribution < -0.4 is 0 Å². The second-order valence-corrected chi connectivity index (χ2v) is 9.01. The molecule has 1 aromatic carbocycles. The third kappa shape index (κ3) is 5.23. The molecule has 0 aliphatic carbocycles. The van der Waals surface area contributed by atoms with E-state index in [1.54, 1.807) is 24.9 Å². The van der Waals surface area contributed by atoms with Crippen LogP contribution in [0.5, 0.6) is 0 Å². The van der Waals surface area contributed by atoms with Crippen LogP contribution in [0.3, 0.4) is 0 Å². The van der Waals surface area contributed by atoms with Gasteiger partial charge >= 0.3 is 0 Å². The molecule has 1 amide bonds. The number of carbonyl (C=O) groups is 1. The number of aromatic nitrogens is 5. The Labute approximate surface area is 199 Å². The van der Waals surface area contributed by atoms with Gasteiger partial charge in [-0.1, -0.05) is 12.1 Å². The lowest BCUT2D eigenvalue weighted by atomic mass is 10.1. The SMILES string of the molecule is CCn1c(-c2ccc(-n3ccnc3)cc2)cnc1C(Cc1ccncc1)N(C=O)OC(C)(C)C. The number of amides is 1. The normalized spacial score (nSPS) is 12.5. The number of rotatable bonds is 9. The van der Waals surface area contributed by atoms with Crippen molar-refractivity contribution in [3.8, 4) is 16.9 Å². The van der Waals surface area contributed by atoms with E-state index in [4.69, 9.17) is 9.82 Å². The van der Waals surface area contributed by atoms with Crippen molar-refractivity contribution >= 4 is 6.41 Å². The van der Waals surface area contributed by atoms with Gasteiger partial charge in [0.25, 0.3) is 0 Å². The lowest BCUT2D eigenvalue weighted by Crippen LogP contribution is -2.38. The predicted molar refractivity (Wildman–Crippen MR) is 130 cm³/mol. The quantitative estimate of drug-likeness (QED) is 0.270. The van der Waals surface area contributed by atoms with E-state index in [2.05, 4.69) is 45.7 Å². The minimum atomic E-state index is -0.535. The highest BCUT2D eigenvalue weighted by molar-refractivity contribution is 5.61. The van der Waals surface area contributed by atoms with Crippen LogP contribution in [0.25, 0.3) is 16.9 Å².